The number of nitriles is 1. The van der Waals surface area contributed by atoms with Gasteiger partial charge in [-0.3, -0.25) is 20.1 Å². The van der Waals surface area contributed by atoms with Gasteiger partial charge in [-0.2, -0.15) is 23.4 Å². The fraction of sp³-hybridized carbons (Fsp3) is 0.536. The first kappa shape index (κ1) is 34.7. The van der Waals surface area contributed by atoms with E-state index in [1.165, 1.54) is 19.0 Å². The number of nitrogens with zero attached hydrogens (tertiary/aromatic N) is 6. The first-order valence-electron chi connectivity index (χ1n) is 13.7. The number of benzene rings is 1. The topological polar surface area (TPSA) is 126 Å². The van der Waals surface area contributed by atoms with Crippen LogP contribution in [0.4, 0.5) is 19.0 Å². The average molecular weight is 612 g/mol. The van der Waals surface area contributed by atoms with E-state index in [9.17, 15) is 23.2 Å². The highest BCUT2D eigenvalue weighted by atomic mass is 35.5. The molecule has 0 spiro atoms. The van der Waals surface area contributed by atoms with E-state index in [1.54, 1.807) is 11.1 Å². The summed E-state index contributed by atoms with van der Waals surface area (Å²) >= 11 is 6.31. The molecule has 42 heavy (non-hydrogen) atoms. The van der Waals surface area contributed by atoms with Crippen LogP contribution in [-0.4, -0.2) is 81.7 Å². The van der Waals surface area contributed by atoms with E-state index in [4.69, 9.17) is 21.5 Å². The van der Waals surface area contributed by atoms with Gasteiger partial charge >= 0.3 is 12.1 Å². The van der Waals surface area contributed by atoms with Gasteiger partial charge in [0.25, 0.3) is 5.91 Å². The number of carboxylic acid groups (broad SMARTS) is 1. The van der Waals surface area contributed by atoms with Crippen molar-refractivity contribution in [2.75, 3.05) is 37.7 Å². The molecule has 1 fully saturated rings. The SMILES string of the molecule is CCN(CC)C1CCN(Cc2cccc(C(=O)NN(CC(C)C)c3nc(C#N)ncc3Cl)c2)CC1.O=C(O)C(F)(F)F. The van der Waals surface area contributed by atoms with Crippen LogP contribution in [0.2, 0.25) is 5.02 Å². The highest BCUT2D eigenvalue weighted by Crippen LogP contribution is 2.23. The maximum Gasteiger partial charge on any atom is 0.490 e. The Bertz CT molecular complexity index is 1230. The van der Waals surface area contributed by atoms with Gasteiger partial charge < -0.3 is 10.0 Å². The van der Waals surface area contributed by atoms with Gasteiger partial charge in [-0.25, -0.2) is 9.78 Å². The number of aromatic nitrogens is 2. The van der Waals surface area contributed by atoms with Crippen LogP contribution in [0.5, 0.6) is 0 Å². The molecule has 0 radical (unpaired) electrons. The molecule has 10 nitrogen and oxygen atoms in total. The largest absolute Gasteiger partial charge is 0.490 e. The van der Waals surface area contributed by atoms with Crippen LogP contribution in [0.1, 0.15) is 62.3 Å². The zero-order chi connectivity index (χ0) is 31.4. The molecule has 2 aromatic rings. The molecule has 1 aliphatic rings. The fourth-order valence-electron chi connectivity index (χ4n) is 4.59. The van der Waals surface area contributed by atoms with Gasteiger partial charge in [0.05, 0.1) is 6.20 Å². The predicted octanol–water partition coefficient (Wildman–Crippen LogP) is 4.75. The number of halogens is 4. The average Bonchev–Trinajstić information content (AvgIpc) is 2.94. The summed E-state index contributed by atoms with van der Waals surface area (Å²) in [5, 5.41) is 18.2. The third-order valence-corrected chi connectivity index (χ3v) is 6.86. The quantitative estimate of drug-likeness (QED) is 0.366. The number of anilines is 1. The first-order valence-corrected chi connectivity index (χ1v) is 14.0. The van der Waals surface area contributed by atoms with Crippen LogP contribution >= 0.6 is 11.6 Å². The third kappa shape index (κ3) is 10.7. The van der Waals surface area contributed by atoms with Crippen molar-refractivity contribution in [1.82, 2.24) is 25.2 Å². The van der Waals surface area contributed by atoms with Crippen LogP contribution in [0.3, 0.4) is 0 Å². The molecule has 14 heteroatoms. The number of hydrazine groups is 1. The minimum absolute atomic E-state index is 0.000771. The molecule has 1 saturated heterocycles. The first-order chi connectivity index (χ1) is 19.8. The summed E-state index contributed by atoms with van der Waals surface area (Å²) < 4.78 is 31.7. The van der Waals surface area contributed by atoms with E-state index >= 15 is 0 Å². The number of alkyl halides is 3. The van der Waals surface area contributed by atoms with Crippen molar-refractivity contribution >= 4 is 29.3 Å². The summed E-state index contributed by atoms with van der Waals surface area (Å²) in [5.41, 5.74) is 4.61. The van der Waals surface area contributed by atoms with Crippen molar-refractivity contribution in [2.24, 2.45) is 5.92 Å². The molecular formula is C28H37ClF3N7O3. The van der Waals surface area contributed by atoms with Gasteiger partial charge in [-0.15, -0.1) is 0 Å². The minimum Gasteiger partial charge on any atom is -0.475 e. The molecule has 1 amide bonds. The van der Waals surface area contributed by atoms with Crippen LogP contribution in [-0.2, 0) is 11.3 Å². The lowest BCUT2D eigenvalue weighted by atomic mass is 10.0. The van der Waals surface area contributed by atoms with Crippen molar-refractivity contribution in [1.29, 1.82) is 5.26 Å². The molecule has 0 aliphatic carbocycles. The lowest BCUT2D eigenvalue weighted by Crippen LogP contribution is -2.45. The number of likely N-dealkylation sites (tertiary alicyclic amines) is 1. The molecule has 1 aromatic heterocycles. The Morgan fingerprint density at radius 1 is 1.24 bits per heavy atom. The van der Waals surface area contributed by atoms with E-state index in [1.807, 2.05) is 32.0 Å². The standard InChI is InChI=1S/C26H36ClN7O.C2HF3O2/c1-5-33(6-2)22-10-12-32(13-11-22)18-20-8-7-9-21(14-20)26(35)31-34(17-19(3)4)25-23(27)16-29-24(15-28)30-25;3-2(4,5)1(6)7/h7-9,14,16,19,22H,5-6,10-13,17-18H2,1-4H3,(H,31,35);(H,6,7). The van der Waals surface area contributed by atoms with Crippen molar-refractivity contribution in [2.45, 2.75) is 59.3 Å². The van der Waals surface area contributed by atoms with E-state index in [2.05, 4.69) is 45.1 Å². The summed E-state index contributed by atoms with van der Waals surface area (Å²) in [6.45, 7) is 14.2. The minimum atomic E-state index is -5.08. The monoisotopic (exact) mass is 611 g/mol. The van der Waals surface area contributed by atoms with E-state index in [-0.39, 0.29) is 22.7 Å². The highest BCUT2D eigenvalue weighted by Gasteiger charge is 2.38. The number of rotatable bonds is 10. The van der Waals surface area contributed by atoms with Crippen molar-refractivity contribution in [3.05, 3.63) is 52.4 Å². The van der Waals surface area contributed by atoms with Crippen LogP contribution < -0.4 is 10.4 Å². The maximum absolute atomic E-state index is 13.2. The number of aliphatic carboxylic acids is 1. The predicted molar refractivity (Wildman–Crippen MR) is 153 cm³/mol. The molecule has 1 aliphatic heterocycles. The summed E-state index contributed by atoms with van der Waals surface area (Å²) in [5.74, 6) is -2.47. The van der Waals surface area contributed by atoms with Gasteiger partial charge in [0, 0.05) is 24.7 Å². The van der Waals surface area contributed by atoms with Crippen molar-refractivity contribution in [3.63, 3.8) is 0 Å². The van der Waals surface area contributed by atoms with Crippen LogP contribution in [0.25, 0.3) is 0 Å². The molecular weight excluding hydrogens is 575 g/mol. The van der Waals surface area contributed by atoms with Crippen LogP contribution in [0, 0.1) is 17.2 Å². The zero-order valence-corrected chi connectivity index (χ0v) is 24.9. The zero-order valence-electron chi connectivity index (χ0n) is 24.2. The number of hydrogen-bond acceptors (Lipinski definition) is 8. The Morgan fingerprint density at radius 2 is 1.86 bits per heavy atom. The third-order valence-electron chi connectivity index (χ3n) is 6.59. The molecule has 0 unspecified atom stereocenters. The van der Waals surface area contributed by atoms with Crippen LogP contribution in [0.15, 0.2) is 30.5 Å². The van der Waals surface area contributed by atoms with Crippen molar-refractivity contribution < 1.29 is 27.9 Å². The molecule has 2 N–H and O–H groups in total. The summed E-state index contributed by atoms with van der Waals surface area (Å²) in [4.78, 5) is 35.2. The maximum atomic E-state index is 13.2. The molecule has 0 bridgehead atoms. The Balaban J connectivity index is 0.000000782. The van der Waals surface area contributed by atoms with Gasteiger partial charge in [0.2, 0.25) is 5.82 Å². The number of amides is 1. The van der Waals surface area contributed by atoms with Gasteiger partial charge in [0.1, 0.15) is 11.1 Å². The lowest BCUT2D eigenvalue weighted by molar-refractivity contribution is -0.192. The number of nitrogens with one attached hydrogen (secondary N) is 1. The number of carbonyl (C=O) groups is 2. The van der Waals surface area contributed by atoms with Gasteiger partial charge in [-0.1, -0.05) is 51.4 Å². The lowest BCUT2D eigenvalue weighted by Gasteiger charge is -2.37. The van der Waals surface area contributed by atoms with Crippen molar-refractivity contribution in [3.8, 4) is 6.07 Å². The molecule has 230 valence electrons. The van der Waals surface area contributed by atoms with E-state index in [0.717, 1.165) is 38.3 Å². The van der Waals surface area contributed by atoms with Gasteiger partial charge in [-0.05, 0) is 62.6 Å². The Kier molecular flexibility index (Phi) is 13.4. The fourth-order valence-corrected chi connectivity index (χ4v) is 4.78. The number of carbonyl (C=O) groups excluding carboxylic acids is 1. The number of piperidine rings is 1. The second-order valence-corrected chi connectivity index (χ2v) is 10.6. The number of carboxylic acids is 1. The molecule has 0 saturated carbocycles. The summed E-state index contributed by atoms with van der Waals surface area (Å²) in [7, 11) is 0. The Morgan fingerprint density at radius 3 is 2.38 bits per heavy atom. The Labute approximate surface area is 249 Å². The molecule has 2 heterocycles. The summed E-state index contributed by atoms with van der Waals surface area (Å²) in [6.07, 6.45) is -1.35. The second kappa shape index (κ2) is 16.2. The normalized spacial score (nSPS) is 14.2. The molecule has 0 atom stereocenters. The summed E-state index contributed by atoms with van der Waals surface area (Å²) in [6, 6.07) is 10.3. The number of hydrogen-bond donors (Lipinski definition) is 2. The molecule has 1 aromatic carbocycles. The van der Waals surface area contributed by atoms with E-state index < -0.39 is 12.1 Å². The van der Waals surface area contributed by atoms with Gasteiger partial charge in [0.15, 0.2) is 5.82 Å². The Hall–Kier alpha value is -3.47. The smallest absolute Gasteiger partial charge is 0.475 e. The van der Waals surface area contributed by atoms with E-state index in [0.29, 0.717) is 24.0 Å². The molecule has 3 rings (SSSR count). The highest BCUT2D eigenvalue weighted by molar-refractivity contribution is 6.32. The second-order valence-electron chi connectivity index (χ2n) is 10.2.